The number of hydrogen-bond acceptors (Lipinski definition) is 4. The summed E-state index contributed by atoms with van der Waals surface area (Å²) in [5.41, 5.74) is 3.20. The molecule has 1 N–H and O–H groups in total. The van der Waals surface area contributed by atoms with E-state index < -0.39 is 6.10 Å². The molecular weight excluding hydrogens is 316 g/mol. The Morgan fingerprint density at radius 3 is 2.61 bits per heavy atom. The number of methoxy groups -OCH3 is 1. The second-order valence-electron chi connectivity index (χ2n) is 4.69. The first-order valence-electron chi connectivity index (χ1n) is 6.98. The van der Waals surface area contributed by atoms with E-state index in [0.717, 1.165) is 5.56 Å². The molecule has 23 heavy (non-hydrogen) atoms. The Morgan fingerprint density at radius 1 is 1.22 bits per heavy atom. The lowest BCUT2D eigenvalue weighted by atomic mass is 10.2. The van der Waals surface area contributed by atoms with Crippen molar-refractivity contribution < 1.29 is 14.3 Å². The second kappa shape index (κ2) is 8.19. The molecule has 120 valence electrons. The molecule has 1 atom stereocenters. The van der Waals surface area contributed by atoms with Gasteiger partial charge in [0.2, 0.25) is 0 Å². The Kier molecular flexibility index (Phi) is 6.00. The van der Waals surface area contributed by atoms with Gasteiger partial charge in [-0.05, 0) is 43.3 Å². The highest BCUT2D eigenvalue weighted by molar-refractivity contribution is 6.30. The van der Waals surface area contributed by atoms with Crippen LogP contribution in [0.2, 0.25) is 5.02 Å². The van der Waals surface area contributed by atoms with E-state index in [9.17, 15) is 4.79 Å². The van der Waals surface area contributed by atoms with Crippen LogP contribution in [0.1, 0.15) is 12.5 Å². The molecule has 0 heterocycles. The predicted octanol–water partition coefficient (Wildman–Crippen LogP) is 3.27. The first kappa shape index (κ1) is 16.8. The first-order valence-corrected chi connectivity index (χ1v) is 7.36. The molecule has 1 amide bonds. The number of carbonyl (C=O) groups is 1. The summed E-state index contributed by atoms with van der Waals surface area (Å²) in [6.07, 6.45) is 0.831. The fourth-order valence-electron chi connectivity index (χ4n) is 1.80. The molecule has 0 aliphatic carbocycles. The molecule has 0 radical (unpaired) electrons. The van der Waals surface area contributed by atoms with E-state index in [1.165, 1.54) is 6.21 Å². The quantitative estimate of drug-likeness (QED) is 0.652. The zero-order valence-electron chi connectivity index (χ0n) is 12.8. The van der Waals surface area contributed by atoms with Gasteiger partial charge in [-0.2, -0.15) is 5.10 Å². The zero-order valence-corrected chi connectivity index (χ0v) is 13.6. The normalized spacial score (nSPS) is 12.0. The minimum absolute atomic E-state index is 0.355. The molecule has 0 aromatic heterocycles. The Morgan fingerprint density at radius 2 is 1.91 bits per heavy atom. The van der Waals surface area contributed by atoms with Gasteiger partial charge in [0.15, 0.2) is 6.10 Å². The highest BCUT2D eigenvalue weighted by atomic mass is 35.5. The zero-order chi connectivity index (χ0) is 16.7. The molecule has 5 nitrogen and oxygen atoms in total. The summed E-state index contributed by atoms with van der Waals surface area (Å²) in [5, 5.41) is 4.53. The number of amides is 1. The van der Waals surface area contributed by atoms with Gasteiger partial charge in [-0.3, -0.25) is 4.79 Å². The Labute approximate surface area is 139 Å². The lowest BCUT2D eigenvalue weighted by Crippen LogP contribution is -2.33. The van der Waals surface area contributed by atoms with Crippen LogP contribution in [-0.2, 0) is 4.79 Å². The fourth-order valence-corrected chi connectivity index (χ4v) is 1.93. The topological polar surface area (TPSA) is 59.9 Å². The van der Waals surface area contributed by atoms with Gasteiger partial charge >= 0.3 is 0 Å². The Hall–Kier alpha value is -2.53. The molecule has 0 spiro atoms. The summed E-state index contributed by atoms with van der Waals surface area (Å²) in [6, 6.07) is 14.2. The minimum Gasteiger partial charge on any atom is -0.496 e. The van der Waals surface area contributed by atoms with Crippen molar-refractivity contribution in [1.82, 2.24) is 5.43 Å². The standard InChI is InChI=1S/C17H17ClN2O3/c1-12(23-15-9-7-14(18)8-10-15)17(21)20-19-11-13-5-3-4-6-16(13)22-2/h3-12H,1-2H3,(H,20,21). The average molecular weight is 333 g/mol. The van der Waals surface area contributed by atoms with E-state index in [2.05, 4.69) is 10.5 Å². The number of hydrogen-bond donors (Lipinski definition) is 1. The predicted molar refractivity (Wildman–Crippen MR) is 90.3 cm³/mol. The van der Waals surface area contributed by atoms with Gasteiger partial charge in [0.1, 0.15) is 11.5 Å². The number of nitrogens with one attached hydrogen (secondary N) is 1. The highest BCUT2D eigenvalue weighted by Gasteiger charge is 2.13. The minimum atomic E-state index is -0.689. The van der Waals surface area contributed by atoms with Crippen LogP contribution < -0.4 is 14.9 Å². The Balaban J connectivity index is 1.90. The highest BCUT2D eigenvalue weighted by Crippen LogP contribution is 2.17. The van der Waals surface area contributed by atoms with Crippen molar-refractivity contribution >= 4 is 23.7 Å². The van der Waals surface area contributed by atoms with Crippen LogP contribution >= 0.6 is 11.6 Å². The number of nitrogens with zero attached hydrogens (tertiary/aromatic N) is 1. The van der Waals surface area contributed by atoms with Crippen molar-refractivity contribution in [2.45, 2.75) is 13.0 Å². The molecule has 1 unspecified atom stereocenters. The molecule has 0 aliphatic heterocycles. The van der Waals surface area contributed by atoms with Crippen LogP contribution in [0.3, 0.4) is 0 Å². The van der Waals surface area contributed by atoms with E-state index in [1.54, 1.807) is 38.3 Å². The lowest BCUT2D eigenvalue weighted by molar-refractivity contribution is -0.127. The third-order valence-electron chi connectivity index (χ3n) is 3.01. The van der Waals surface area contributed by atoms with Crippen LogP contribution in [0.4, 0.5) is 0 Å². The smallest absolute Gasteiger partial charge is 0.280 e. The van der Waals surface area contributed by atoms with E-state index in [-0.39, 0.29) is 5.91 Å². The van der Waals surface area contributed by atoms with Gasteiger partial charge in [-0.1, -0.05) is 23.7 Å². The van der Waals surface area contributed by atoms with E-state index >= 15 is 0 Å². The lowest BCUT2D eigenvalue weighted by Gasteiger charge is -2.12. The van der Waals surface area contributed by atoms with Crippen molar-refractivity contribution in [3.63, 3.8) is 0 Å². The van der Waals surface area contributed by atoms with E-state index in [4.69, 9.17) is 21.1 Å². The maximum absolute atomic E-state index is 12.0. The van der Waals surface area contributed by atoms with Gasteiger partial charge in [-0.15, -0.1) is 0 Å². The molecule has 2 rings (SSSR count). The fraction of sp³-hybridized carbons (Fsp3) is 0.176. The molecular formula is C17H17ClN2O3. The summed E-state index contributed by atoms with van der Waals surface area (Å²) >= 11 is 5.80. The van der Waals surface area contributed by atoms with Gasteiger partial charge in [0, 0.05) is 10.6 Å². The molecule has 0 fully saturated rings. The Bertz CT molecular complexity index is 686. The summed E-state index contributed by atoms with van der Waals surface area (Å²) in [6.45, 7) is 1.64. The van der Waals surface area contributed by atoms with Crippen LogP contribution in [0.5, 0.6) is 11.5 Å². The number of carbonyl (C=O) groups excluding carboxylic acids is 1. The number of halogens is 1. The van der Waals surface area contributed by atoms with Crippen LogP contribution in [0.15, 0.2) is 53.6 Å². The van der Waals surface area contributed by atoms with Crippen LogP contribution in [-0.4, -0.2) is 25.3 Å². The second-order valence-corrected chi connectivity index (χ2v) is 5.13. The molecule has 2 aromatic carbocycles. The third-order valence-corrected chi connectivity index (χ3v) is 3.27. The van der Waals surface area contributed by atoms with Gasteiger partial charge in [-0.25, -0.2) is 5.43 Å². The van der Waals surface area contributed by atoms with Gasteiger partial charge < -0.3 is 9.47 Å². The SMILES string of the molecule is COc1ccccc1C=NNC(=O)C(C)Oc1ccc(Cl)cc1. The number of para-hydroxylation sites is 1. The molecule has 0 bridgehead atoms. The largest absolute Gasteiger partial charge is 0.496 e. The van der Waals surface area contributed by atoms with Crippen molar-refractivity contribution in [1.29, 1.82) is 0 Å². The maximum Gasteiger partial charge on any atom is 0.280 e. The number of ether oxygens (including phenoxy) is 2. The third kappa shape index (κ3) is 5.00. The summed E-state index contributed by atoms with van der Waals surface area (Å²) < 4.78 is 10.7. The summed E-state index contributed by atoms with van der Waals surface area (Å²) in [4.78, 5) is 12.0. The number of rotatable bonds is 6. The molecule has 0 aliphatic rings. The average Bonchev–Trinajstić information content (AvgIpc) is 2.57. The van der Waals surface area contributed by atoms with Crippen molar-refractivity contribution in [2.75, 3.05) is 7.11 Å². The molecule has 0 saturated heterocycles. The monoisotopic (exact) mass is 332 g/mol. The molecule has 0 saturated carbocycles. The van der Waals surface area contributed by atoms with Crippen LogP contribution in [0.25, 0.3) is 0 Å². The van der Waals surface area contributed by atoms with Gasteiger partial charge in [0.25, 0.3) is 5.91 Å². The maximum atomic E-state index is 12.0. The van der Waals surface area contributed by atoms with Crippen molar-refractivity contribution in [2.24, 2.45) is 5.10 Å². The summed E-state index contributed by atoms with van der Waals surface area (Å²) in [7, 11) is 1.58. The summed E-state index contributed by atoms with van der Waals surface area (Å²) in [5.74, 6) is 0.882. The molecule has 6 heteroatoms. The van der Waals surface area contributed by atoms with Gasteiger partial charge in [0.05, 0.1) is 13.3 Å². The number of hydrazone groups is 1. The van der Waals surface area contributed by atoms with Crippen molar-refractivity contribution in [3.05, 3.63) is 59.1 Å². The molecule has 2 aromatic rings. The number of benzene rings is 2. The first-order chi connectivity index (χ1) is 11.1. The van der Waals surface area contributed by atoms with E-state index in [1.807, 2.05) is 24.3 Å². The van der Waals surface area contributed by atoms with Crippen LogP contribution in [0, 0.1) is 0 Å². The van der Waals surface area contributed by atoms with Crippen molar-refractivity contribution in [3.8, 4) is 11.5 Å². The van der Waals surface area contributed by atoms with E-state index in [0.29, 0.717) is 16.5 Å².